The Kier molecular flexibility index (Phi) is 4.59. The van der Waals surface area contributed by atoms with Crippen molar-refractivity contribution in [2.75, 3.05) is 5.73 Å². The number of fused-ring (bicyclic) bond motifs is 1. The number of nitrogen functional groups attached to an aromatic ring is 1. The van der Waals surface area contributed by atoms with E-state index in [-0.39, 0.29) is 24.8 Å². The van der Waals surface area contributed by atoms with Gasteiger partial charge in [-0.1, -0.05) is 24.3 Å². The number of para-hydroxylation sites is 3. The van der Waals surface area contributed by atoms with Crippen molar-refractivity contribution in [2.45, 2.75) is 0 Å². The van der Waals surface area contributed by atoms with E-state index in [2.05, 4.69) is 9.97 Å². The van der Waals surface area contributed by atoms with Gasteiger partial charge in [-0.25, -0.2) is 4.98 Å². The molecule has 1 heterocycles. The van der Waals surface area contributed by atoms with Gasteiger partial charge in [0.05, 0.1) is 11.0 Å². The minimum absolute atomic E-state index is 0. The van der Waals surface area contributed by atoms with Crippen molar-refractivity contribution in [3.8, 4) is 11.4 Å². The molecule has 1 aromatic heterocycles. The van der Waals surface area contributed by atoms with E-state index < -0.39 is 0 Å². The molecule has 94 valence electrons. The van der Waals surface area contributed by atoms with Crippen LogP contribution in [0.4, 0.5) is 5.69 Å². The number of hydrogen-bond donors (Lipinski definition) is 2. The van der Waals surface area contributed by atoms with Gasteiger partial charge in [-0.2, -0.15) is 0 Å². The number of anilines is 1. The molecule has 3 aromatic rings. The summed E-state index contributed by atoms with van der Waals surface area (Å²) in [6.45, 7) is 0. The van der Waals surface area contributed by atoms with Crippen LogP contribution in [-0.2, 0) is 0 Å². The maximum atomic E-state index is 5.91. The zero-order valence-electron chi connectivity index (χ0n) is 9.46. The second-order valence-electron chi connectivity index (χ2n) is 3.69. The van der Waals surface area contributed by atoms with E-state index in [1.165, 1.54) is 0 Å². The summed E-state index contributed by atoms with van der Waals surface area (Å²) in [5.41, 5.74) is 9.58. The Morgan fingerprint density at radius 3 is 2.28 bits per heavy atom. The van der Waals surface area contributed by atoms with E-state index in [9.17, 15) is 0 Å². The summed E-state index contributed by atoms with van der Waals surface area (Å²) in [4.78, 5) is 7.77. The first-order chi connectivity index (χ1) is 7.84. The molecule has 3 nitrogen and oxygen atoms in total. The van der Waals surface area contributed by atoms with Crippen LogP contribution in [-0.4, -0.2) is 9.97 Å². The van der Waals surface area contributed by atoms with E-state index in [0.717, 1.165) is 28.1 Å². The lowest BCUT2D eigenvalue weighted by Gasteiger charge is -2.00. The standard InChI is InChI=1S/C13H11N3.2ClH/c14-10-6-2-1-5-9(10)13-15-11-7-3-4-8-12(11)16-13;;/h1-8H,14H2,(H,15,16);2*1H. The summed E-state index contributed by atoms with van der Waals surface area (Å²) < 4.78 is 0. The van der Waals surface area contributed by atoms with Crippen LogP contribution >= 0.6 is 24.8 Å². The van der Waals surface area contributed by atoms with Crippen LogP contribution in [0.2, 0.25) is 0 Å². The molecule has 0 radical (unpaired) electrons. The molecule has 0 aliphatic rings. The molecule has 5 heteroatoms. The second-order valence-corrected chi connectivity index (χ2v) is 3.69. The first kappa shape index (κ1) is 14.4. The molecule has 18 heavy (non-hydrogen) atoms. The van der Waals surface area contributed by atoms with Gasteiger partial charge in [-0.3, -0.25) is 0 Å². The Morgan fingerprint density at radius 2 is 1.56 bits per heavy atom. The van der Waals surface area contributed by atoms with E-state index in [1.807, 2.05) is 48.5 Å². The van der Waals surface area contributed by atoms with Crippen LogP contribution in [0, 0.1) is 0 Å². The molecule has 0 spiro atoms. The predicted octanol–water partition coefficient (Wildman–Crippen LogP) is 3.66. The molecule has 0 atom stereocenters. The number of imidazole rings is 1. The maximum absolute atomic E-state index is 5.91. The van der Waals surface area contributed by atoms with Crippen LogP contribution in [0.3, 0.4) is 0 Å². The van der Waals surface area contributed by atoms with E-state index in [0.29, 0.717) is 0 Å². The lowest BCUT2D eigenvalue weighted by molar-refractivity contribution is 1.34. The van der Waals surface area contributed by atoms with Gasteiger partial charge in [0.25, 0.3) is 0 Å². The third kappa shape index (κ3) is 2.42. The first-order valence-electron chi connectivity index (χ1n) is 5.14. The van der Waals surface area contributed by atoms with Gasteiger partial charge >= 0.3 is 0 Å². The average molecular weight is 282 g/mol. The average Bonchev–Trinajstić information content (AvgIpc) is 2.73. The Bertz CT molecular complexity index is 616. The molecule has 0 amide bonds. The minimum atomic E-state index is 0. The fourth-order valence-electron chi connectivity index (χ4n) is 1.79. The van der Waals surface area contributed by atoms with E-state index in [1.54, 1.807) is 0 Å². The van der Waals surface area contributed by atoms with Gasteiger partial charge in [-0.05, 0) is 24.3 Å². The molecule has 2 aromatic carbocycles. The lowest BCUT2D eigenvalue weighted by Crippen LogP contribution is -1.90. The summed E-state index contributed by atoms with van der Waals surface area (Å²) >= 11 is 0. The van der Waals surface area contributed by atoms with Crippen molar-refractivity contribution < 1.29 is 0 Å². The van der Waals surface area contributed by atoms with Crippen molar-refractivity contribution in [1.29, 1.82) is 0 Å². The normalized spacial score (nSPS) is 9.56. The van der Waals surface area contributed by atoms with Crippen LogP contribution in [0.25, 0.3) is 22.4 Å². The molecule has 0 aliphatic carbocycles. The number of aromatic amines is 1. The summed E-state index contributed by atoms with van der Waals surface area (Å²) in [7, 11) is 0. The highest BCUT2D eigenvalue weighted by molar-refractivity contribution is 5.85. The fraction of sp³-hybridized carbons (Fsp3) is 0. The molecule has 0 fully saturated rings. The largest absolute Gasteiger partial charge is 0.398 e. The minimum Gasteiger partial charge on any atom is -0.398 e. The topological polar surface area (TPSA) is 54.7 Å². The Balaban J connectivity index is 0.000000810. The molecule has 3 rings (SSSR count). The van der Waals surface area contributed by atoms with Crippen LogP contribution < -0.4 is 5.73 Å². The molecule has 0 unspecified atom stereocenters. The van der Waals surface area contributed by atoms with Crippen molar-refractivity contribution in [1.82, 2.24) is 9.97 Å². The number of nitrogens with zero attached hydrogens (tertiary/aromatic N) is 1. The summed E-state index contributed by atoms with van der Waals surface area (Å²) in [6, 6.07) is 15.7. The van der Waals surface area contributed by atoms with Crippen molar-refractivity contribution in [3.05, 3.63) is 48.5 Å². The zero-order chi connectivity index (χ0) is 11.0. The lowest BCUT2D eigenvalue weighted by atomic mass is 10.2. The van der Waals surface area contributed by atoms with E-state index in [4.69, 9.17) is 5.73 Å². The van der Waals surface area contributed by atoms with Crippen molar-refractivity contribution in [3.63, 3.8) is 0 Å². The highest BCUT2D eigenvalue weighted by atomic mass is 35.5. The second kappa shape index (κ2) is 5.76. The van der Waals surface area contributed by atoms with Gasteiger partial charge in [0.1, 0.15) is 5.82 Å². The van der Waals surface area contributed by atoms with Gasteiger partial charge in [0, 0.05) is 11.3 Å². The number of nitrogens with two attached hydrogens (primary N) is 1. The number of nitrogens with one attached hydrogen (secondary N) is 1. The Hall–Kier alpha value is -1.71. The first-order valence-corrected chi connectivity index (χ1v) is 5.14. The van der Waals surface area contributed by atoms with E-state index >= 15 is 0 Å². The number of aromatic nitrogens is 2. The quantitative estimate of drug-likeness (QED) is 0.669. The SMILES string of the molecule is Cl.Cl.Nc1ccccc1-c1nc2ccccc2[nH]1. The number of benzene rings is 2. The molecule has 0 saturated heterocycles. The number of H-pyrrole nitrogens is 1. The van der Waals surface area contributed by atoms with Crippen molar-refractivity contribution >= 4 is 41.5 Å². The summed E-state index contributed by atoms with van der Waals surface area (Å²) in [6.07, 6.45) is 0. The van der Waals surface area contributed by atoms with Gasteiger partial charge in [-0.15, -0.1) is 24.8 Å². The zero-order valence-corrected chi connectivity index (χ0v) is 11.1. The Labute approximate surface area is 117 Å². The van der Waals surface area contributed by atoms with Gasteiger partial charge in [0.2, 0.25) is 0 Å². The fourth-order valence-corrected chi connectivity index (χ4v) is 1.79. The predicted molar refractivity (Wildman–Crippen MR) is 80.4 cm³/mol. The van der Waals surface area contributed by atoms with Crippen molar-refractivity contribution in [2.24, 2.45) is 0 Å². The van der Waals surface area contributed by atoms with Crippen LogP contribution in [0.15, 0.2) is 48.5 Å². The number of halogens is 2. The van der Waals surface area contributed by atoms with Crippen LogP contribution in [0.5, 0.6) is 0 Å². The molecular weight excluding hydrogens is 269 g/mol. The third-order valence-corrected chi connectivity index (χ3v) is 2.61. The molecule has 0 aliphatic heterocycles. The number of hydrogen-bond acceptors (Lipinski definition) is 2. The molecule has 3 N–H and O–H groups in total. The number of rotatable bonds is 1. The smallest absolute Gasteiger partial charge is 0.140 e. The highest BCUT2D eigenvalue weighted by Gasteiger charge is 2.06. The highest BCUT2D eigenvalue weighted by Crippen LogP contribution is 2.24. The van der Waals surface area contributed by atoms with Gasteiger partial charge in [0.15, 0.2) is 0 Å². The third-order valence-electron chi connectivity index (χ3n) is 2.61. The summed E-state index contributed by atoms with van der Waals surface area (Å²) in [5.74, 6) is 0.819. The Morgan fingerprint density at radius 1 is 0.889 bits per heavy atom. The summed E-state index contributed by atoms with van der Waals surface area (Å²) in [5, 5.41) is 0. The van der Waals surface area contributed by atoms with Gasteiger partial charge < -0.3 is 10.7 Å². The monoisotopic (exact) mass is 281 g/mol. The van der Waals surface area contributed by atoms with Crippen LogP contribution in [0.1, 0.15) is 0 Å². The molecule has 0 bridgehead atoms. The molecular formula is C13H13Cl2N3. The maximum Gasteiger partial charge on any atom is 0.140 e. The molecule has 0 saturated carbocycles.